The number of hydrogen-bond acceptors (Lipinski definition) is 5. The molecule has 3 rings (SSSR count). The third-order valence-electron chi connectivity index (χ3n) is 4.21. The first-order chi connectivity index (χ1) is 9.36. The van der Waals surface area contributed by atoms with Crippen molar-refractivity contribution in [2.75, 3.05) is 55.6 Å². The molecule has 0 N–H and O–H groups in total. The molecule has 19 heavy (non-hydrogen) atoms. The van der Waals surface area contributed by atoms with Gasteiger partial charge in [-0.1, -0.05) is 6.92 Å². The lowest BCUT2D eigenvalue weighted by Gasteiger charge is -2.35. The molecule has 0 atom stereocenters. The summed E-state index contributed by atoms with van der Waals surface area (Å²) in [6.07, 6.45) is 4.29. The molecule has 0 unspecified atom stereocenters. The van der Waals surface area contributed by atoms with E-state index in [4.69, 9.17) is 0 Å². The molecule has 5 heteroatoms. The van der Waals surface area contributed by atoms with E-state index < -0.39 is 0 Å². The van der Waals surface area contributed by atoms with E-state index in [9.17, 15) is 0 Å². The van der Waals surface area contributed by atoms with E-state index in [1.807, 2.05) is 0 Å². The minimum Gasteiger partial charge on any atom is -0.356 e. The van der Waals surface area contributed by atoms with Gasteiger partial charge in [-0.3, -0.25) is 0 Å². The number of likely N-dealkylation sites (N-methyl/N-ethyl adjacent to an activating group) is 1. The molecule has 3 heterocycles. The van der Waals surface area contributed by atoms with Crippen LogP contribution < -0.4 is 9.80 Å². The van der Waals surface area contributed by atoms with Crippen LogP contribution >= 0.6 is 0 Å². The van der Waals surface area contributed by atoms with Crippen molar-refractivity contribution in [1.82, 2.24) is 14.9 Å². The third-order valence-corrected chi connectivity index (χ3v) is 4.21. The van der Waals surface area contributed by atoms with Crippen molar-refractivity contribution in [3.63, 3.8) is 0 Å². The molecule has 1 aromatic rings. The zero-order valence-electron chi connectivity index (χ0n) is 11.8. The maximum atomic E-state index is 4.45. The van der Waals surface area contributed by atoms with Crippen LogP contribution in [0, 0.1) is 0 Å². The zero-order chi connectivity index (χ0) is 13.1. The fourth-order valence-electron chi connectivity index (χ4n) is 2.92. The smallest absolute Gasteiger partial charge is 0.134 e. The summed E-state index contributed by atoms with van der Waals surface area (Å²) in [5.41, 5.74) is 0. The van der Waals surface area contributed by atoms with Crippen molar-refractivity contribution in [3.8, 4) is 0 Å². The lowest BCUT2D eigenvalue weighted by atomic mass is 10.3. The SMILES string of the molecule is CCN1CCN(c2cc(N3CCCC3)ncn2)CC1. The minimum atomic E-state index is 1.07. The van der Waals surface area contributed by atoms with Crippen molar-refractivity contribution < 1.29 is 0 Å². The van der Waals surface area contributed by atoms with Crippen LogP contribution in [0.1, 0.15) is 19.8 Å². The van der Waals surface area contributed by atoms with Gasteiger partial charge in [0.15, 0.2) is 0 Å². The first kappa shape index (κ1) is 12.7. The topological polar surface area (TPSA) is 35.5 Å². The number of nitrogens with zero attached hydrogens (tertiary/aromatic N) is 5. The van der Waals surface area contributed by atoms with Gasteiger partial charge in [0.2, 0.25) is 0 Å². The van der Waals surface area contributed by atoms with E-state index >= 15 is 0 Å². The summed E-state index contributed by atoms with van der Waals surface area (Å²) in [4.78, 5) is 16.1. The van der Waals surface area contributed by atoms with Crippen molar-refractivity contribution in [2.45, 2.75) is 19.8 Å². The quantitative estimate of drug-likeness (QED) is 0.817. The van der Waals surface area contributed by atoms with Crippen LogP contribution in [0.3, 0.4) is 0 Å². The Morgan fingerprint density at radius 3 is 2.05 bits per heavy atom. The van der Waals surface area contributed by atoms with Gasteiger partial charge in [0, 0.05) is 45.3 Å². The molecule has 0 bridgehead atoms. The van der Waals surface area contributed by atoms with E-state index in [0.29, 0.717) is 0 Å². The van der Waals surface area contributed by atoms with Crippen LogP contribution in [0.25, 0.3) is 0 Å². The van der Waals surface area contributed by atoms with E-state index in [2.05, 4.69) is 37.7 Å². The molecule has 1 aromatic heterocycles. The van der Waals surface area contributed by atoms with Crippen LogP contribution in [-0.4, -0.2) is 60.7 Å². The molecular weight excluding hydrogens is 238 g/mol. The highest BCUT2D eigenvalue weighted by Gasteiger charge is 2.19. The highest BCUT2D eigenvalue weighted by atomic mass is 15.3. The molecule has 0 spiro atoms. The van der Waals surface area contributed by atoms with Gasteiger partial charge in [-0.05, 0) is 19.4 Å². The molecule has 2 saturated heterocycles. The van der Waals surface area contributed by atoms with Gasteiger partial charge in [-0.25, -0.2) is 9.97 Å². The summed E-state index contributed by atoms with van der Waals surface area (Å²) in [6, 6.07) is 2.16. The Morgan fingerprint density at radius 2 is 1.47 bits per heavy atom. The van der Waals surface area contributed by atoms with Gasteiger partial charge < -0.3 is 14.7 Å². The zero-order valence-corrected chi connectivity index (χ0v) is 11.8. The second-order valence-corrected chi connectivity index (χ2v) is 5.35. The molecular formula is C14H23N5. The van der Waals surface area contributed by atoms with E-state index in [-0.39, 0.29) is 0 Å². The van der Waals surface area contributed by atoms with Crippen molar-refractivity contribution in [1.29, 1.82) is 0 Å². The second kappa shape index (κ2) is 5.74. The lowest BCUT2D eigenvalue weighted by molar-refractivity contribution is 0.270. The summed E-state index contributed by atoms with van der Waals surface area (Å²) in [7, 11) is 0. The fourth-order valence-corrected chi connectivity index (χ4v) is 2.92. The summed E-state index contributed by atoms with van der Waals surface area (Å²) < 4.78 is 0. The summed E-state index contributed by atoms with van der Waals surface area (Å²) in [5.74, 6) is 2.19. The molecule has 0 radical (unpaired) electrons. The Kier molecular flexibility index (Phi) is 3.82. The van der Waals surface area contributed by atoms with E-state index in [0.717, 1.165) is 57.4 Å². The molecule has 2 aliphatic rings. The number of hydrogen-bond donors (Lipinski definition) is 0. The minimum absolute atomic E-state index is 1.07. The van der Waals surface area contributed by atoms with Gasteiger partial charge >= 0.3 is 0 Å². The summed E-state index contributed by atoms with van der Waals surface area (Å²) in [5, 5.41) is 0. The standard InChI is InChI=1S/C14H23N5/c1-2-17-7-9-19(10-8-17)14-11-13(15-12-16-14)18-5-3-4-6-18/h11-12H,2-10H2,1H3. The summed E-state index contributed by atoms with van der Waals surface area (Å²) >= 11 is 0. The monoisotopic (exact) mass is 261 g/mol. The molecule has 0 aliphatic carbocycles. The molecule has 0 amide bonds. The Labute approximate surface area is 115 Å². The first-order valence-electron chi connectivity index (χ1n) is 7.41. The van der Waals surface area contributed by atoms with E-state index in [1.54, 1.807) is 6.33 Å². The van der Waals surface area contributed by atoms with Gasteiger partial charge in [0.1, 0.15) is 18.0 Å². The molecule has 0 aromatic carbocycles. The van der Waals surface area contributed by atoms with Crippen LogP contribution in [-0.2, 0) is 0 Å². The Morgan fingerprint density at radius 1 is 0.895 bits per heavy atom. The Bertz CT molecular complexity index is 408. The average Bonchev–Trinajstić information content (AvgIpc) is 3.02. The number of anilines is 2. The van der Waals surface area contributed by atoms with Crippen LogP contribution in [0.4, 0.5) is 11.6 Å². The van der Waals surface area contributed by atoms with Crippen LogP contribution in [0.2, 0.25) is 0 Å². The fraction of sp³-hybridized carbons (Fsp3) is 0.714. The third kappa shape index (κ3) is 2.81. The second-order valence-electron chi connectivity index (χ2n) is 5.35. The normalized spacial score (nSPS) is 21.1. The van der Waals surface area contributed by atoms with Crippen LogP contribution in [0.15, 0.2) is 12.4 Å². The van der Waals surface area contributed by atoms with Crippen molar-refractivity contribution in [3.05, 3.63) is 12.4 Å². The van der Waals surface area contributed by atoms with Crippen LogP contribution in [0.5, 0.6) is 0 Å². The lowest BCUT2D eigenvalue weighted by Crippen LogP contribution is -2.46. The molecule has 104 valence electrons. The maximum absolute atomic E-state index is 4.45. The number of piperazine rings is 1. The number of aromatic nitrogens is 2. The van der Waals surface area contributed by atoms with Gasteiger partial charge in [-0.15, -0.1) is 0 Å². The number of rotatable bonds is 3. The van der Waals surface area contributed by atoms with Crippen molar-refractivity contribution in [2.24, 2.45) is 0 Å². The van der Waals surface area contributed by atoms with Gasteiger partial charge in [-0.2, -0.15) is 0 Å². The highest BCUT2D eigenvalue weighted by Crippen LogP contribution is 2.21. The van der Waals surface area contributed by atoms with Crippen molar-refractivity contribution >= 4 is 11.6 Å². The molecule has 2 fully saturated rings. The van der Waals surface area contributed by atoms with Gasteiger partial charge in [0.25, 0.3) is 0 Å². The molecule has 5 nitrogen and oxygen atoms in total. The summed E-state index contributed by atoms with van der Waals surface area (Å²) in [6.45, 7) is 10.1. The Balaban J connectivity index is 1.69. The van der Waals surface area contributed by atoms with E-state index in [1.165, 1.54) is 12.8 Å². The van der Waals surface area contributed by atoms with Gasteiger partial charge in [0.05, 0.1) is 0 Å². The largest absolute Gasteiger partial charge is 0.356 e. The predicted molar refractivity (Wildman–Crippen MR) is 77.8 cm³/mol. The highest BCUT2D eigenvalue weighted by molar-refractivity contribution is 5.50. The Hall–Kier alpha value is -1.36. The molecule has 0 saturated carbocycles. The molecule has 2 aliphatic heterocycles. The maximum Gasteiger partial charge on any atom is 0.134 e. The first-order valence-corrected chi connectivity index (χ1v) is 7.41. The average molecular weight is 261 g/mol. The predicted octanol–water partition coefficient (Wildman–Crippen LogP) is 1.22.